The summed E-state index contributed by atoms with van der Waals surface area (Å²) >= 11 is 0. The molecule has 2 aromatic rings. The number of rotatable bonds is 4. The number of aromatic nitrogens is 4. The van der Waals surface area contributed by atoms with E-state index in [0.717, 1.165) is 24.1 Å². The standard InChI is InChI=1S/C12H14N4O/c1-2-3-10-9(7-17)6-14-12(16-10)11-4-5-13-8-15-11/h4-6,8,17H,2-3,7H2,1H3. The first kappa shape index (κ1) is 11.6. The Morgan fingerprint density at radius 1 is 1.29 bits per heavy atom. The predicted molar refractivity (Wildman–Crippen MR) is 63.0 cm³/mol. The van der Waals surface area contributed by atoms with Crippen LogP contribution in [0, 0.1) is 0 Å². The summed E-state index contributed by atoms with van der Waals surface area (Å²) in [6.45, 7) is 2.05. The summed E-state index contributed by atoms with van der Waals surface area (Å²) in [5, 5.41) is 9.20. The van der Waals surface area contributed by atoms with Crippen LogP contribution < -0.4 is 0 Å². The van der Waals surface area contributed by atoms with Crippen molar-refractivity contribution >= 4 is 0 Å². The third-order valence-electron chi connectivity index (χ3n) is 2.42. The van der Waals surface area contributed by atoms with E-state index in [1.165, 1.54) is 6.33 Å². The molecule has 0 saturated carbocycles. The van der Waals surface area contributed by atoms with Gasteiger partial charge < -0.3 is 5.11 Å². The molecular formula is C12H14N4O. The molecule has 0 saturated heterocycles. The van der Waals surface area contributed by atoms with Crippen molar-refractivity contribution in [1.82, 2.24) is 19.9 Å². The van der Waals surface area contributed by atoms with Crippen LogP contribution in [0.3, 0.4) is 0 Å². The van der Waals surface area contributed by atoms with E-state index >= 15 is 0 Å². The van der Waals surface area contributed by atoms with E-state index in [9.17, 15) is 5.11 Å². The minimum atomic E-state index is -0.0284. The van der Waals surface area contributed by atoms with Gasteiger partial charge in [-0.25, -0.2) is 19.9 Å². The first-order chi connectivity index (χ1) is 8.35. The molecule has 0 aliphatic rings. The van der Waals surface area contributed by atoms with Gasteiger partial charge in [-0.2, -0.15) is 0 Å². The zero-order valence-electron chi connectivity index (χ0n) is 9.67. The molecule has 2 rings (SSSR count). The van der Waals surface area contributed by atoms with Crippen LogP contribution in [0.5, 0.6) is 0 Å². The Bertz CT molecular complexity index is 487. The van der Waals surface area contributed by atoms with Crippen LogP contribution in [-0.4, -0.2) is 25.0 Å². The van der Waals surface area contributed by atoms with Gasteiger partial charge in [0.25, 0.3) is 0 Å². The maximum Gasteiger partial charge on any atom is 0.178 e. The van der Waals surface area contributed by atoms with Crippen molar-refractivity contribution in [2.24, 2.45) is 0 Å². The van der Waals surface area contributed by atoms with Gasteiger partial charge in [0.05, 0.1) is 12.3 Å². The zero-order chi connectivity index (χ0) is 12.1. The van der Waals surface area contributed by atoms with Gasteiger partial charge in [-0.05, 0) is 12.5 Å². The third kappa shape index (κ3) is 2.62. The molecule has 0 amide bonds. The lowest BCUT2D eigenvalue weighted by atomic mass is 10.1. The molecule has 5 heteroatoms. The molecular weight excluding hydrogens is 216 g/mol. The number of aryl methyl sites for hydroxylation is 1. The molecule has 0 aliphatic carbocycles. The average Bonchev–Trinajstić information content (AvgIpc) is 2.40. The van der Waals surface area contributed by atoms with E-state index in [1.807, 2.05) is 0 Å². The van der Waals surface area contributed by atoms with Gasteiger partial charge in [0.1, 0.15) is 12.0 Å². The first-order valence-corrected chi connectivity index (χ1v) is 5.57. The smallest absolute Gasteiger partial charge is 0.178 e. The first-order valence-electron chi connectivity index (χ1n) is 5.57. The van der Waals surface area contributed by atoms with Crippen molar-refractivity contribution in [3.63, 3.8) is 0 Å². The second kappa shape index (κ2) is 5.45. The van der Waals surface area contributed by atoms with Gasteiger partial charge in [0.2, 0.25) is 0 Å². The molecule has 0 radical (unpaired) electrons. The predicted octanol–water partition coefficient (Wildman–Crippen LogP) is 1.38. The van der Waals surface area contributed by atoms with E-state index in [1.54, 1.807) is 18.5 Å². The quantitative estimate of drug-likeness (QED) is 0.859. The summed E-state index contributed by atoms with van der Waals surface area (Å²) in [6.07, 6.45) is 6.60. The lowest BCUT2D eigenvalue weighted by Crippen LogP contribution is -2.02. The molecule has 17 heavy (non-hydrogen) atoms. The van der Waals surface area contributed by atoms with Gasteiger partial charge in [0, 0.05) is 18.0 Å². The molecule has 0 spiro atoms. The highest BCUT2D eigenvalue weighted by Crippen LogP contribution is 2.14. The molecule has 2 aromatic heterocycles. The fourth-order valence-electron chi connectivity index (χ4n) is 1.57. The summed E-state index contributed by atoms with van der Waals surface area (Å²) in [4.78, 5) is 16.6. The van der Waals surface area contributed by atoms with Crippen LogP contribution in [0.15, 0.2) is 24.8 Å². The van der Waals surface area contributed by atoms with Crippen molar-refractivity contribution in [2.75, 3.05) is 0 Å². The summed E-state index contributed by atoms with van der Waals surface area (Å²) in [5.41, 5.74) is 2.37. The maximum absolute atomic E-state index is 9.20. The Morgan fingerprint density at radius 3 is 2.82 bits per heavy atom. The fraction of sp³-hybridized carbons (Fsp3) is 0.333. The number of nitrogens with zero attached hydrogens (tertiary/aromatic N) is 4. The Hall–Kier alpha value is -1.88. The monoisotopic (exact) mass is 230 g/mol. The van der Waals surface area contributed by atoms with Crippen molar-refractivity contribution in [2.45, 2.75) is 26.4 Å². The van der Waals surface area contributed by atoms with Crippen molar-refractivity contribution < 1.29 is 5.11 Å². The third-order valence-corrected chi connectivity index (χ3v) is 2.42. The summed E-state index contributed by atoms with van der Waals surface area (Å²) in [7, 11) is 0. The van der Waals surface area contributed by atoms with Crippen LogP contribution >= 0.6 is 0 Å². The lowest BCUT2D eigenvalue weighted by molar-refractivity contribution is 0.279. The Labute approximate surface area is 99.6 Å². The van der Waals surface area contributed by atoms with E-state index in [2.05, 4.69) is 26.9 Å². The number of hydrogen-bond donors (Lipinski definition) is 1. The number of hydrogen-bond acceptors (Lipinski definition) is 5. The maximum atomic E-state index is 9.20. The van der Waals surface area contributed by atoms with Crippen LogP contribution in [0.4, 0.5) is 0 Å². The molecule has 0 unspecified atom stereocenters. The van der Waals surface area contributed by atoms with Crippen LogP contribution in [-0.2, 0) is 13.0 Å². The second-order valence-corrected chi connectivity index (χ2v) is 3.67. The van der Waals surface area contributed by atoms with Gasteiger partial charge in [-0.15, -0.1) is 0 Å². The Balaban J connectivity index is 2.40. The van der Waals surface area contributed by atoms with Crippen LogP contribution in [0.2, 0.25) is 0 Å². The number of aliphatic hydroxyl groups excluding tert-OH is 1. The van der Waals surface area contributed by atoms with Crippen LogP contribution in [0.1, 0.15) is 24.6 Å². The molecule has 0 aromatic carbocycles. The van der Waals surface area contributed by atoms with Crippen molar-refractivity contribution in [3.8, 4) is 11.5 Å². The topological polar surface area (TPSA) is 71.8 Å². The van der Waals surface area contributed by atoms with Gasteiger partial charge >= 0.3 is 0 Å². The Morgan fingerprint density at radius 2 is 2.18 bits per heavy atom. The highest BCUT2D eigenvalue weighted by atomic mass is 16.3. The van der Waals surface area contributed by atoms with Gasteiger partial charge in [-0.3, -0.25) is 0 Å². The SMILES string of the molecule is CCCc1nc(-c2ccncn2)ncc1CO. The highest BCUT2D eigenvalue weighted by molar-refractivity contribution is 5.48. The highest BCUT2D eigenvalue weighted by Gasteiger charge is 2.08. The molecule has 1 N–H and O–H groups in total. The average molecular weight is 230 g/mol. The summed E-state index contributed by atoms with van der Waals surface area (Å²) < 4.78 is 0. The summed E-state index contributed by atoms with van der Waals surface area (Å²) in [5.74, 6) is 0.577. The molecule has 0 fully saturated rings. The van der Waals surface area contributed by atoms with Crippen LogP contribution in [0.25, 0.3) is 11.5 Å². The largest absolute Gasteiger partial charge is 0.392 e. The van der Waals surface area contributed by atoms with E-state index in [-0.39, 0.29) is 6.61 Å². The van der Waals surface area contributed by atoms with E-state index < -0.39 is 0 Å². The van der Waals surface area contributed by atoms with E-state index in [0.29, 0.717) is 11.5 Å². The lowest BCUT2D eigenvalue weighted by Gasteiger charge is -2.06. The van der Waals surface area contributed by atoms with E-state index in [4.69, 9.17) is 0 Å². The molecule has 0 atom stereocenters. The molecule has 88 valence electrons. The minimum Gasteiger partial charge on any atom is -0.392 e. The number of aliphatic hydroxyl groups is 1. The zero-order valence-corrected chi connectivity index (χ0v) is 9.67. The van der Waals surface area contributed by atoms with Crippen molar-refractivity contribution in [1.29, 1.82) is 0 Å². The molecule has 0 aliphatic heterocycles. The summed E-state index contributed by atoms with van der Waals surface area (Å²) in [6, 6.07) is 1.77. The van der Waals surface area contributed by atoms with Crippen molar-refractivity contribution in [3.05, 3.63) is 36.0 Å². The molecule has 5 nitrogen and oxygen atoms in total. The fourth-order valence-corrected chi connectivity index (χ4v) is 1.57. The van der Waals surface area contributed by atoms with Gasteiger partial charge in [-0.1, -0.05) is 13.3 Å². The second-order valence-electron chi connectivity index (χ2n) is 3.67. The normalized spacial score (nSPS) is 10.5. The van der Waals surface area contributed by atoms with Gasteiger partial charge in [0.15, 0.2) is 5.82 Å². The molecule has 2 heterocycles. The minimum absolute atomic E-state index is 0.0284. The molecule has 0 bridgehead atoms. The Kier molecular flexibility index (Phi) is 3.72.